The van der Waals surface area contributed by atoms with Crippen molar-refractivity contribution in [2.45, 2.75) is 128 Å². The number of hydrogen-bond donors (Lipinski definition) is 5. The molecule has 0 saturated heterocycles. The zero-order valence-electron chi connectivity index (χ0n) is 23.4. The average molecular weight is 564 g/mol. The molecule has 0 fully saturated rings. The van der Waals surface area contributed by atoms with E-state index in [1.54, 1.807) is 0 Å². The topological polar surface area (TPSA) is 119 Å². The molecule has 224 valence electrons. The summed E-state index contributed by atoms with van der Waals surface area (Å²) in [5, 5.41) is 36.1. The second kappa shape index (κ2) is 37.5. The van der Waals surface area contributed by atoms with Gasteiger partial charge in [0.1, 0.15) is 0 Å². The average Bonchev–Trinajstić information content (AvgIpc) is 2.82. The Kier molecular flexibility index (Phi) is 45.2. The summed E-state index contributed by atoms with van der Waals surface area (Å²) in [5.74, 6) is 0.698. The maximum atomic E-state index is 9.03. The van der Waals surface area contributed by atoms with E-state index in [1.165, 1.54) is 103 Å². The van der Waals surface area contributed by atoms with Crippen molar-refractivity contribution < 1.29 is 20.4 Å². The molecule has 0 aromatic heterocycles. The van der Waals surface area contributed by atoms with E-state index in [4.69, 9.17) is 20.4 Å². The van der Waals surface area contributed by atoms with Gasteiger partial charge in [0.25, 0.3) is 0 Å². The second-order valence-corrected chi connectivity index (χ2v) is 9.98. The SMILES string of the molecule is Cl.Cl.N.OCCCC(CCCO)CCCCCCCCCCCCCCCCCN(CCO)CCO. The Bertz CT molecular complexity index is 358. The van der Waals surface area contributed by atoms with Gasteiger partial charge in [-0.1, -0.05) is 96.3 Å². The van der Waals surface area contributed by atoms with Gasteiger partial charge in [-0.25, -0.2) is 0 Å². The van der Waals surface area contributed by atoms with Gasteiger partial charge in [0, 0.05) is 26.3 Å². The van der Waals surface area contributed by atoms with Crippen LogP contribution < -0.4 is 6.15 Å². The van der Waals surface area contributed by atoms with Crippen molar-refractivity contribution >= 4 is 24.8 Å². The van der Waals surface area contributed by atoms with Crippen LogP contribution in [0.4, 0.5) is 0 Å². The minimum Gasteiger partial charge on any atom is -0.396 e. The first-order chi connectivity index (χ1) is 16.3. The molecule has 0 unspecified atom stereocenters. The first-order valence-corrected chi connectivity index (χ1v) is 14.4. The molecular weight excluding hydrogens is 499 g/mol. The summed E-state index contributed by atoms with van der Waals surface area (Å²) >= 11 is 0. The minimum atomic E-state index is 0. The van der Waals surface area contributed by atoms with Crippen LogP contribution in [0.15, 0.2) is 0 Å². The van der Waals surface area contributed by atoms with Gasteiger partial charge in [-0.15, -0.1) is 24.8 Å². The summed E-state index contributed by atoms with van der Waals surface area (Å²) in [6.45, 7) is 3.32. The lowest BCUT2D eigenvalue weighted by atomic mass is 9.91. The zero-order chi connectivity index (χ0) is 24.2. The van der Waals surface area contributed by atoms with Gasteiger partial charge in [-0.2, -0.15) is 0 Å². The van der Waals surface area contributed by atoms with E-state index in [0.29, 0.717) is 32.2 Å². The Morgan fingerprint density at radius 3 is 1.00 bits per heavy atom. The standard InChI is InChI=1S/C28H59NO4.2ClH.H3N/c30-24-16-19-28(20-17-25-31)18-14-12-10-8-6-4-2-1-3-5-7-9-11-13-15-21-29(22-26-32)23-27-33;;;/h28,30-33H,1-27H2;2*1H;1H3. The molecule has 0 bridgehead atoms. The van der Waals surface area contributed by atoms with Crippen molar-refractivity contribution in [1.82, 2.24) is 11.1 Å². The highest BCUT2D eigenvalue weighted by molar-refractivity contribution is 5.85. The number of halogens is 2. The quantitative estimate of drug-likeness (QED) is 0.0678. The normalized spacial score (nSPS) is 10.8. The van der Waals surface area contributed by atoms with Crippen molar-refractivity contribution in [3.05, 3.63) is 0 Å². The predicted molar refractivity (Wildman–Crippen MR) is 160 cm³/mol. The van der Waals surface area contributed by atoms with Crippen LogP contribution in [0.5, 0.6) is 0 Å². The lowest BCUT2D eigenvalue weighted by molar-refractivity contribution is 0.159. The van der Waals surface area contributed by atoms with Crippen LogP contribution in [0.3, 0.4) is 0 Å². The molecule has 7 N–H and O–H groups in total. The van der Waals surface area contributed by atoms with Crippen LogP contribution in [-0.2, 0) is 0 Å². The fourth-order valence-electron chi connectivity index (χ4n) is 4.88. The third-order valence-electron chi connectivity index (χ3n) is 6.96. The first kappa shape index (κ1) is 43.4. The number of hydrogen-bond acceptors (Lipinski definition) is 6. The molecule has 0 radical (unpaired) electrons. The summed E-state index contributed by atoms with van der Waals surface area (Å²) in [7, 11) is 0. The Labute approximate surface area is 236 Å². The van der Waals surface area contributed by atoms with Gasteiger partial charge in [0.2, 0.25) is 0 Å². The molecule has 0 heterocycles. The molecule has 0 rings (SSSR count). The third-order valence-corrected chi connectivity index (χ3v) is 6.96. The van der Waals surface area contributed by atoms with Crippen molar-refractivity contribution in [1.29, 1.82) is 0 Å². The van der Waals surface area contributed by atoms with E-state index in [9.17, 15) is 0 Å². The molecular formula is C28H64Cl2N2O4. The molecule has 0 amide bonds. The molecule has 0 saturated carbocycles. The van der Waals surface area contributed by atoms with Gasteiger partial charge < -0.3 is 26.6 Å². The summed E-state index contributed by atoms with van der Waals surface area (Å²) < 4.78 is 0. The molecule has 36 heavy (non-hydrogen) atoms. The van der Waals surface area contributed by atoms with E-state index in [0.717, 1.165) is 32.2 Å². The lowest BCUT2D eigenvalue weighted by Crippen LogP contribution is -2.30. The van der Waals surface area contributed by atoms with E-state index in [1.807, 2.05) is 0 Å². The smallest absolute Gasteiger partial charge is 0.0558 e. The van der Waals surface area contributed by atoms with Crippen LogP contribution in [0.2, 0.25) is 0 Å². The van der Waals surface area contributed by atoms with Crippen LogP contribution in [0.1, 0.15) is 128 Å². The summed E-state index contributed by atoms with van der Waals surface area (Å²) in [5.41, 5.74) is 0. The Morgan fingerprint density at radius 1 is 0.361 bits per heavy atom. The Morgan fingerprint density at radius 2 is 0.667 bits per heavy atom. The van der Waals surface area contributed by atoms with Gasteiger partial charge >= 0.3 is 0 Å². The summed E-state index contributed by atoms with van der Waals surface area (Å²) in [4.78, 5) is 2.15. The Balaban J connectivity index is -0.00000171. The Hall–Kier alpha value is 0.340. The van der Waals surface area contributed by atoms with E-state index in [-0.39, 0.29) is 44.2 Å². The molecule has 0 atom stereocenters. The molecule has 0 aromatic rings. The van der Waals surface area contributed by atoms with Gasteiger partial charge in [0.15, 0.2) is 0 Å². The third kappa shape index (κ3) is 32.4. The van der Waals surface area contributed by atoms with Crippen molar-refractivity contribution in [2.75, 3.05) is 46.1 Å². The number of nitrogens with zero attached hydrogens (tertiary/aromatic N) is 1. The number of aliphatic hydroxyl groups is 4. The van der Waals surface area contributed by atoms with Crippen LogP contribution in [0, 0.1) is 5.92 Å². The van der Waals surface area contributed by atoms with E-state index >= 15 is 0 Å². The molecule has 0 aliphatic heterocycles. The molecule has 0 spiro atoms. The van der Waals surface area contributed by atoms with Crippen LogP contribution in [-0.4, -0.2) is 71.4 Å². The van der Waals surface area contributed by atoms with Crippen LogP contribution >= 0.6 is 24.8 Å². The zero-order valence-corrected chi connectivity index (χ0v) is 25.1. The summed E-state index contributed by atoms with van der Waals surface area (Å²) in [6, 6.07) is 0. The maximum absolute atomic E-state index is 9.03. The largest absolute Gasteiger partial charge is 0.396 e. The van der Waals surface area contributed by atoms with E-state index in [2.05, 4.69) is 4.90 Å². The number of unbranched alkanes of at least 4 members (excludes halogenated alkanes) is 14. The molecule has 0 aromatic carbocycles. The molecule has 8 heteroatoms. The van der Waals surface area contributed by atoms with E-state index < -0.39 is 0 Å². The van der Waals surface area contributed by atoms with Crippen LogP contribution in [0.25, 0.3) is 0 Å². The molecule has 0 aliphatic rings. The highest BCUT2D eigenvalue weighted by Crippen LogP contribution is 2.21. The molecule has 6 nitrogen and oxygen atoms in total. The van der Waals surface area contributed by atoms with Gasteiger partial charge in [-0.05, 0) is 44.6 Å². The highest BCUT2D eigenvalue weighted by Gasteiger charge is 2.08. The highest BCUT2D eigenvalue weighted by atomic mass is 35.5. The second-order valence-electron chi connectivity index (χ2n) is 9.98. The number of aliphatic hydroxyl groups excluding tert-OH is 4. The first-order valence-electron chi connectivity index (χ1n) is 14.4. The molecule has 0 aliphatic carbocycles. The summed E-state index contributed by atoms with van der Waals surface area (Å²) in [6.07, 6.45) is 25.6. The fraction of sp³-hybridized carbons (Fsp3) is 1.00. The number of rotatable bonds is 28. The monoisotopic (exact) mass is 562 g/mol. The predicted octanol–water partition coefficient (Wildman–Crippen LogP) is 6.68. The van der Waals surface area contributed by atoms with Crippen molar-refractivity contribution in [3.63, 3.8) is 0 Å². The van der Waals surface area contributed by atoms with Crippen molar-refractivity contribution in [2.24, 2.45) is 5.92 Å². The van der Waals surface area contributed by atoms with Crippen molar-refractivity contribution in [3.8, 4) is 0 Å². The minimum absolute atomic E-state index is 0. The fourth-order valence-corrected chi connectivity index (χ4v) is 4.88. The maximum Gasteiger partial charge on any atom is 0.0558 e. The lowest BCUT2D eigenvalue weighted by Gasteiger charge is -2.19. The van der Waals surface area contributed by atoms with Gasteiger partial charge in [0.05, 0.1) is 13.2 Å². The van der Waals surface area contributed by atoms with Gasteiger partial charge in [-0.3, -0.25) is 4.90 Å².